The molecule has 4 heteroatoms. The first-order valence-corrected chi connectivity index (χ1v) is 6.55. The maximum Gasteiger partial charge on any atom is 0.119 e. The predicted octanol–water partition coefficient (Wildman–Crippen LogP) is 0.881. The number of benzene rings is 1. The molecule has 0 unspecified atom stereocenters. The third-order valence-electron chi connectivity index (χ3n) is 2.90. The lowest BCUT2D eigenvalue weighted by molar-refractivity contribution is 0.174. The van der Waals surface area contributed by atoms with Gasteiger partial charge in [-0.2, -0.15) is 0 Å². The fourth-order valence-electron chi connectivity index (χ4n) is 1.78. The number of aliphatic hydroxyl groups is 1. The van der Waals surface area contributed by atoms with Gasteiger partial charge in [0.15, 0.2) is 0 Å². The fraction of sp³-hybridized carbons (Fsp3) is 0.571. The van der Waals surface area contributed by atoms with E-state index in [0.29, 0.717) is 19.7 Å². The molecule has 0 heterocycles. The summed E-state index contributed by atoms with van der Waals surface area (Å²) in [5.74, 6) is 0.885. The zero-order valence-electron chi connectivity index (χ0n) is 11.1. The van der Waals surface area contributed by atoms with Crippen molar-refractivity contribution in [3.63, 3.8) is 0 Å². The normalized spacial score (nSPS) is 10.9. The Morgan fingerprint density at radius 1 is 1.22 bits per heavy atom. The highest BCUT2D eigenvalue weighted by Crippen LogP contribution is 2.12. The molecular formula is C14H24N2O2. The van der Waals surface area contributed by atoms with E-state index in [0.717, 1.165) is 25.3 Å². The number of likely N-dealkylation sites (N-methyl/N-ethyl adjacent to an activating group) is 1. The number of hydrogen-bond donors (Lipinski definition) is 2. The molecule has 0 aliphatic carbocycles. The smallest absolute Gasteiger partial charge is 0.119 e. The van der Waals surface area contributed by atoms with Crippen LogP contribution in [0.3, 0.4) is 0 Å². The maximum absolute atomic E-state index is 8.87. The molecular weight excluding hydrogens is 228 g/mol. The molecule has 102 valence electrons. The second kappa shape index (κ2) is 8.91. The van der Waals surface area contributed by atoms with Crippen LogP contribution in [0.25, 0.3) is 0 Å². The highest BCUT2D eigenvalue weighted by atomic mass is 16.5. The average molecular weight is 252 g/mol. The van der Waals surface area contributed by atoms with Crippen LogP contribution in [0.5, 0.6) is 5.75 Å². The molecule has 0 aliphatic rings. The van der Waals surface area contributed by atoms with Crippen molar-refractivity contribution in [1.82, 2.24) is 4.90 Å². The summed E-state index contributed by atoms with van der Waals surface area (Å²) in [5, 5.41) is 8.87. The number of hydrogen-bond acceptors (Lipinski definition) is 4. The van der Waals surface area contributed by atoms with E-state index in [1.165, 1.54) is 5.56 Å². The van der Waals surface area contributed by atoms with E-state index in [-0.39, 0.29) is 6.61 Å². The van der Waals surface area contributed by atoms with Gasteiger partial charge < -0.3 is 15.6 Å². The summed E-state index contributed by atoms with van der Waals surface area (Å²) < 4.78 is 5.66. The number of rotatable bonds is 9. The van der Waals surface area contributed by atoms with Gasteiger partial charge in [-0.15, -0.1) is 0 Å². The maximum atomic E-state index is 8.87. The van der Waals surface area contributed by atoms with E-state index < -0.39 is 0 Å². The highest BCUT2D eigenvalue weighted by molar-refractivity contribution is 5.27. The molecule has 0 fully saturated rings. The van der Waals surface area contributed by atoms with Crippen molar-refractivity contribution in [3.05, 3.63) is 29.8 Å². The van der Waals surface area contributed by atoms with Crippen LogP contribution in [0.4, 0.5) is 0 Å². The Kier molecular flexibility index (Phi) is 7.41. The quantitative estimate of drug-likeness (QED) is 0.685. The number of nitrogens with zero attached hydrogens (tertiary/aromatic N) is 1. The van der Waals surface area contributed by atoms with Crippen LogP contribution in [0.1, 0.15) is 12.5 Å². The largest absolute Gasteiger partial charge is 0.492 e. The number of nitrogens with two attached hydrogens (primary N) is 1. The summed E-state index contributed by atoms with van der Waals surface area (Å²) in [6.45, 7) is 6.06. The van der Waals surface area contributed by atoms with Crippen LogP contribution in [0.2, 0.25) is 0 Å². The van der Waals surface area contributed by atoms with Gasteiger partial charge in [-0.3, -0.25) is 4.90 Å². The van der Waals surface area contributed by atoms with Crippen molar-refractivity contribution >= 4 is 0 Å². The summed E-state index contributed by atoms with van der Waals surface area (Å²) in [6, 6.07) is 8.06. The van der Waals surface area contributed by atoms with Crippen LogP contribution < -0.4 is 10.5 Å². The Hall–Kier alpha value is -1.10. The lowest BCUT2D eigenvalue weighted by Crippen LogP contribution is -2.30. The zero-order chi connectivity index (χ0) is 13.2. The molecule has 0 aromatic heterocycles. The van der Waals surface area contributed by atoms with Gasteiger partial charge in [0, 0.05) is 13.1 Å². The minimum absolute atomic E-state index is 0.196. The second-order valence-electron chi connectivity index (χ2n) is 4.19. The molecule has 18 heavy (non-hydrogen) atoms. The van der Waals surface area contributed by atoms with Crippen molar-refractivity contribution in [1.29, 1.82) is 0 Å². The average Bonchev–Trinajstić information content (AvgIpc) is 2.40. The van der Waals surface area contributed by atoms with Gasteiger partial charge in [-0.05, 0) is 37.2 Å². The summed E-state index contributed by atoms with van der Waals surface area (Å²) in [5.41, 5.74) is 6.74. The van der Waals surface area contributed by atoms with Crippen molar-refractivity contribution in [2.45, 2.75) is 13.3 Å². The summed E-state index contributed by atoms with van der Waals surface area (Å²) in [6.07, 6.45) is 0.903. The van der Waals surface area contributed by atoms with Crippen molar-refractivity contribution < 1.29 is 9.84 Å². The number of ether oxygens (including phenoxy) is 1. The minimum atomic E-state index is 0.196. The van der Waals surface area contributed by atoms with Gasteiger partial charge in [-0.25, -0.2) is 0 Å². The lowest BCUT2D eigenvalue weighted by Gasteiger charge is -2.19. The molecule has 0 radical (unpaired) electrons. The van der Waals surface area contributed by atoms with Gasteiger partial charge in [0.25, 0.3) is 0 Å². The molecule has 0 amide bonds. The van der Waals surface area contributed by atoms with Crippen molar-refractivity contribution in [3.8, 4) is 5.75 Å². The van der Waals surface area contributed by atoms with Crippen molar-refractivity contribution in [2.75, 3.05) is 39.4 Å². The van der Waals surface area contributed by atoms with Crippen LogP contribution in [0.15, 0.2) is 24.3 Å². The summed E-state index contributed by atoms with van der Waals surface area (Å²) >= 11 is 0. The monoisotopic (exact) mass is 252 g/mol. The van der Waals surface area contributed by atoms with E-state index in [1.807, 2.05) is 24.3 Å². The molecule has 0 spiro atoms. The molecule has 1 aromatic rings. The molecule has 0 bridgehead atoms. The molecule has 4 nitrogen and oxygen atoms in total. The van der Waals surface area contributed by atoms with E-state index >= 15 is 0 Å². The third-order valence-corrected chi connectivity index (χ3v) is 2.90. The fourth-order valence-corrected chi connectivity index (χ4v) is 1.78. The van der Waals surface area contributed by atoms with E-state index in [2.05, 4.69) is 11.8 Å². The molecule has 0 saturated heterocycles. The highest BCUT2D eigenvalue weighted by Gasteiger charge is 2.01. The Bertz CT molecular complexity index is 314. The first-order chi connectivity index (χ1) is 8.80. The van der Waals surface area contributed by atoms with Crippen LogP contribution >= 0.6 is 0 Å². The molecule has 1 aromatic carbocycles. The van der Waals surface area contributed by atoms with E-state index in [1.54, 1.807) is 0 Å². The first kappa shape index (κ1) is 15.0. The summed E-state index contributed by atoms with van der Waals surface area (Å²) in [4.78, 5) is 2.16. The Balaban J connectivity index is 2.30. The third kappa shape index (κ3) is 5.49. The molecule has 0 saturated carbocycles. The second-order valence-corrected chi connectivity index (χ2v) is 4.19. The standard InChI is InChI=1S/C14H24N2O2/c1-2-16(9-11-17)10-12-18-14-5-3-13(4-6-14)7-8-15/h3-6,17H,2,7-12,15H2,1H3. The van der Waals surface area contributed by atoms with Crippen LogP contribution in [0, 0.1) is 0 Å². The molecule has 0 atom stereocenters. The lowest BCUT2D eigenvalue weighted by atomic mass is 10.1. The van der Waals surface area contributed by atoms with E-state index in [4.69, 9.17) is 15.6 Å². The van der Waals surface area contributed by atoms with Crippen molar-refractivity contribution in [2.24, 2.45) is 5.73 Å². The predicted molar refractivity (Wildman–Crippen MR) is 73.9 cm³/mol. The molecule has 1 rings (SSSR count). The Morgan fingerprint density at radius 3 is 2.50 bits per heavy atom. The van der Waals surface area contributed by atoms with Gasteiger partial charge in [0.1, 0.15) is 12.4 Å². The van der Waals surface area contributed by atoms with Gasteiger partial charge in [-0.1, -0.05) is 19.1 Å². The number of aliphatic hydroxyl groups excluding tert-OH is 1. The topological polar surface area (TPSA) is 58.7 Å². The minimum Gasteiger partial charge on any atom is -0.492 e. The van der Waals surface area contributed by atoms with Gasteiger partial charge >= 0.3 is 0 Å². The van der Waals surface area contributed by atoms with Gasteiger partial charge in [0.05, 0.1) is 6.61 Å². The van der Waals surface area contributed by atoms with Gasteiger partial charge in [0.2, 0.25) is 0 Å². The zero-order valence-corrected chi connectivity index (χ0v) is 11.1. The molecule has 3 N–H and O–H groups in total. The van der Waals surface area contributed by atoms with E-state index in [9.17, 15) is 0 Å². The Labute approximate surface area is 109 Å². The Morgan fingerprint density at radius 2 is 1.94 bits per heavy atom. The molecule has 0 aliphatic heterocycles. The van der Waals surface area contributed by atoms with Crippen LogP contribution in [-0.4, -0.2) is 49.4 Å². The summed E-state index contributed by atoms with van der Waals surface area (Å²) in [7, 11) is 0. The van der Waals surface area contributed by atoms with Crippen LogP contribution in [-0.2, 0) is 6.42 Å². The SMILES string of the molecule is CCN(CCO)CCOc1ccc(CCN)cc1. The first-order valence-electron chi connectivity index (χ1n) is 6.55.